The van der Waals surface area contributed by atoms with Crippen molar-refractivity contribution in [2.24, 2.45) is 5.41 Å². The summed E-state index contributed by atoms with van der Waals surface area (Å²) in [6.45, 7) is 12.4. The van der Waals surface area contributed by atoms with Gasteiger partial charge in [0.25, 0.3) is 0 Å². The summed E-state index contributed by atoms with van der Waals surface area (Å²) in [5.74, 6) is 0. The molecule has 3 heterocycles. The standard InChI is InChI=1S/C17H28N4O2/c1-12(2)21-9-13(8-19-21)14-17(10-18-14)6-7-20(11-17)15(22)23-16(3,4)5/h8-9,12,14,18H,6-7,10-11H2,1-5H3/t14-,17-/m1/s1. The van der Waals surface area contributed by atoms with E-state index in [9.17, 15) is 4.79 Å². The van der Waals surface area contributed by atoms with Gasteiger partial charge in [0.15, 0.2) is 0 Å². The topological polar surface area (TPSA) is 59.4 Å². The van der Waals surface area contributed by atoms with E-state index < -0.39 is 5.60 Å². The minimum atomic E-state index is -0.442. The number of carbonyl (C=O) groups is 1. The highest BCUT2D eigenvalue weighted by molar-refractivity contribution is 5.68. The lowest BCUT2D eigenvalue weighted by molar-refractivity contribution is 0.0216. The van der Waals surface area contributed by atoms with Crippen LogP contribution < -0.4 is 5.32 Å². The Morgan fingerprint density at radius 2 is 2.22 bits per heavy atom. The maximum atomic E-state index is 12.3. The van der Waals surface area contributed by atoms with Gasteiger partial charge in [-0.3, -0.25) is 4.68 Å². The lowest BCUT2D eigenvalue weighted by Crippen LogP contribution is -2.57. The SMILES string of the molecule is CC(C)n1cc([C@H]2NC[C@@]23CCN(C(=O)OC(C)(C)C)C3)cn1. The highest BCUT2D eigenvalue weighted by Gasteiger charge is 2.53. The van der Waals surface area contributed by atoms with E-state index in [1.165, 1.54) is 5.56 Å². The lowest BCUT2D eigenvalue weighted by atomic mass is 9.70. The van der Waals surface area contributed by atoms with Crippen LogP contribution in [0.4, 0.5) is 4.79 Å². The molecule has 1 aromatic rings. The number of rotatable bonds is 2. The zero-order chi connectivity index (χ0) is 16.8. The van der Waals surface area contributed by atoms with Crippen molar-refractivity contribution in [3.8, 4) is 0 Å². The van der Waals surface area contributed by atoms with Crippen molar-refractivity contribution >= 4 is 6.09 Å². The molecule has 0 aliphatic carbocycles. The van der Waals surface area contributed by atoms with Gasteiger partial charge in [-0.05, 0) is 41.0 Å². The maximum absolute atomic E-state index is 12.3. The largest absolute Gasteiger partial charge is 0.444 e. The molecular formula is C17H28N4O2. The number of hydrogen-bond donors (Lipinski definition) is 1. The van der Waals surface area contributed by atoms with Crippen LogP contribution in [0.15, 0.2) is 12.4 Å². The van der Waals surface area contributed by atoms with Crippen LogP contribution in [0.1, 0.15) is 58.7 Å². The fraction of sp³-hybridized carbons (Fsp3) is 0.765. The molecule has 1 spiro atoms. The Kier molecular flexibility index (Phi) is 3.91. The molecule has 6 nitrogen and oxygen atoms in total. The van der Waals surface area contributed by atoms with Crippen molar-refractivity contribution in [3.05, 3.63) is 18.0 Å². The monoisotopic (exact) mass is 320 g/mol. The Bertz CT molecular complexity index is 590. The number of likely N-dealkylation sites (tertiary alicyclic amines) is 1. The molecule has 128 valence electrons. The minimum Gasteiger partial charge on any atom is -0.444 e. The second-order valence-electron chi connectivity index (χ2n) is 8.18. The Hall–Kier alpha value is -1.56. The van der Waals surface area contributed by atoms with E-state index in [0.29, 0.717) is 6.04 Å². The second-order valence-corrected chi connectivity index (χ2v) is 8.18. The van der Waals surface area contributed by atoms with E-state index in [2.05, 4.69) is 30.5 Å². The number of ether oxygens (including phenoxy) is 1. The zero-order valence-electron chi connectivity index (χ0n) is 14.8. The smallest absolute Gasteiger partial charge is 0.410 e. The fourth-order valence-corrected chi connectivity index (χ4v) is 3.51. The number of amides is 1. The van der Waals surface area contributed by atoms with E-state index in [0.717, 1.165) is 26.1 Å². The average Bonchev–Trinajstić information content (AvgIpc) is 3.03. The Labute approximate surface area is 138 Å². The summed E-state index contributed by atoms with van der Waals surface area (Å²) >= 11 is 0. The molecule has 0 aromatic carbocycles. The van der Waals surface area contributed by atoms with Crippen LogP contribution in [0, 0.1) is 5.41 Å². The first-order valence-corrected chi connectivity index (χ1v) is 8.46. The first-order chi connectivity index (χ1) is 10.7. The fourth-order valence-electron chi connectivity index (χ4n) is 3.51. The normalized spacial score (nSPS) is 27.6. The van der Waals surface area contributed by atoms with Crippen LogP contribution in [0.25, 0.3) is 0 Å². The molecule has 6 heteroatoms. The van der Waals surface area contributed by atoms with Crippen molar-refractivity contribution < 1.29 is 9.53 Å². The van der Waals surface area contributed by atoms with Crippen molar-refractivity contribution in [1.82, 2.24) is 20.0 Å². The number of carbonyl (C=O) groups excluding carboxylic acids is 1. The van der Waals surface area contributed by atoms with Crippen LogP contribution in [-0.2, 0) is 4.74 Å². The predicted molar refractivity (Wildman–Crippen MR) is 88.2 cm³/mol. The Morgan fingerprint density at radius 1 is 1.48 bits per heavy atom. The summed E-state index contributed by atoms with van der Waals surface area (Å²) in [6, 6.07) is 0.643. The molecule has 1 amide bonds. The molecule has 2 aliphatic heterocycles. The molecule has 0 radical (unpaired) electrons. The van der Waals surface area contributed by atoms with E-state index in [1.54, 1.807) is 0 Å². The summed E-state index contributed by atoms with van der Waals surface area (Å²) < 4.78 is 7.50. The van der Waals surface area contributed by atoms with Crippen LogP contribution in [0.5, 0.6) is 0 Å². The van der Waals surface area contributed by atoms with Gasteiger partial charge in [0.2, 0.25) is 0 Å². The summed E-state index contributed by atoms with van der Waals surface area (Å²) in [5, 5.41) is 7.97. The summed E-state index contributed by atoms with van der Waals surface area (Å²) in [7, 11) is 0. The molecule has 3 rings (SSSR count). The molecule has 0 saturated carbocycles. The van der Waals surface area contributed by atoms with E-state index in [1.807, 2.05) is 36.5 Å². The van der Waals surface area contributed by atoms with E-state index in [4.69, 9.17) is 4.74 Å². The van der Waals surface area contributed by atoms with Crippen LogP contribution in [0.3, 0.4) is 0 Å². The quantitative estimate of drug-likeness (QED) is 0.910. The third-order valence-corrected chi connectivity index (χ3v) is 4.79. The molecule has 2 fully saturated rings. The second kappa shape index (κ2) is 5.51. The molecule has 0 bridgehead atoms. The third-order valence-electron chi connectivity index (χ3n) is 4.79. The summed E-state index contributed by atoms with van der Waals surface area (Å²) in [6.07, 6.45) is 4.89. The number of nitrogens with zero attached hydrogens (tertiary/aromatic N) is 3. The van der Waals surface area contributed by atoms with Crippen LogP contribution in [0.2, 0.25) is 0 Å². The van der Waals surface area contributed by atoms with Gasteiger partial charge in [-0.15, -0.1) is 0 Å². The Morgan fingerprint density at radius 3 is 2.74 bits per heavy atom. The van der Waals surface area contributed by atoms with Gasteiger partial charge in [-0.25, -0.2) is 4.79 Å². The van der Waals surface area contributed by atoms with Crippen molar-refractivity contribution in [1.29, 1.82) is 0 Å². The zero-order valence-corrected chi connectivity index (χ0v) is 14.8. The van der Waals surface area contributed by atoms with Gasteiger partial charge >= 0.3 is 6.09 Å². The van der Waals surface area contributed by atoms with Crippen LogP contribution in [-0.4, -0.2) is 46.0 Å². The molecular weight excluding hydrogens is 292 g/mol. The highest BCUT2D eigenvalue weighted by atomic mass is 16.6. The maximum Gasteiger partial charge on any atom is 0.410 e. The van der Waals surface area contributed by atoms with Gasteiger partial charge in [0.05, 0.1) is 6.20 Å². The highest BCUT2D eigenvalue weighted by Crippen LogP contribution is 2.48. The molecule has 2 atom stereocenters. The number of aromatic nitrogens is 2. The number of hydrogen-bond acceptors (Lipinski definition) is 4. The summed E-state index contributed by atoms with van der Waals surface area (Å²) in [4.78, 5) is 14.1. The lowest BCUT2D eigenvalue weighted by Gasteiger charge is -2.47. The molecule has 1 aromatic heterocycles. The van der Waals surface area contributed by atoms with Crippen molar-refractivity contribution in [2.45, 2.75) is 58.7 Å². The van der Waals surface area contributed by atoms with Gasteiger partial charge in [0.1, 0.15) is 5.60 Å². The van der Waals surface area contributed by atoms with E-state index in [-0.39, 0.29) is 17.6 Å². The van der Waals surface area contributed by atoms with Crippen molar-refractivity contribution in [3.63, 3.8) is 0 Å². The minimum absolute atomic E-state index is 0.127. The van der Waals surface area contributed by atoms with E-state index >= 15 is 0 Å². The van der Waals surface area contributed by atoms with Crippen molar-refractivity contribution in [2.75, 3.05) is 19.6 Å². The van der Waals surface area contributed by atoms with Crippen LogP contribution >= 0.6 is 0 Å². The first kappa shape index (κ1) is 16.3. The summed E-state index contributed by atoms with van der Waals surface area (Å²) in [5.41, 5.74) is 0.903. The van der Waals surface area contributed by atoms with Gasteiger partial charge in [-0.1, -0.05) is 0 Å². The van der Waals surface area contributed by atoms with Gasteiger partial charge < -0.3 is 15.0 Å². The van der Waals surface area contributed by atoms with Gasteiger partial charge in [-0.2, -0.15) is 5.10 Å². The Balaban J connectivity index is 1.68. The third kappa shape index (κ3) is 3.09. The molecule has 2 saturated heterocycles. The van der Waals surface area contributed by atoms with Gasteiger partial charge in [0, 0.05) is 48.9 Å². The molecule has 1 N–H and O–H groups in total. The molecule has 23 heavy (non-hydrogen) atoms. The average molecular weight is 320 g/mol. The first-order valence-electron chi connectivity index (χ1n) is 8.46. The molecule has 0 unspecified atom stereocenters. The number of nitrogens with one attached hydrogen (secondary N) is 1. The predicted octanol–water partition coefficient (Wildman–Crippen LogP) is 2.74. The molecule has 2 aliphatic rings.